The SMILES string of the molecule is COC(=O)C=CN1c2ccccc2CC1C. The lowest BCUT2D eigenvalue weighted by atomic mass is 10.1. The first-order valence-corrected chi connectivity index (χ1v) is 5.35. The molecule has 0 aromatic heterocycles. The molecule has 1 atom stereocenters. The van der Waals surface area contributed by atoms with Crippen LogP contribution in [0.25, 0.3) is 0 Å². The third kappa shape index (κ3) is 1.94. The number of fused-ring (bicyclic) bond motifs is 1. The number of carbonyl (C=O) groups is 1. The first kappa shape index (κ1) is 10.7. The van der Waals surface area contributed by atoms with Crippen LogP contribution in [-0.2, 0) is 16.0 Å². The van der Waals surface area contributed by atoms with Crippen molar-refractivity contribution in [2.75, 3.05) is 12.0 Å². The molecule has 16 heavy (non-hydrogen) atoms. The van der Waals surface area contributed by atoms with Crippen LogP contribution in [0.3, 0.4) is 0 Å². The summed E-state index contributed by atoms with van der Waals surface area (Å²) in [6.07, 6.45) is 4.27. The average molecular weight is 217 g/mol. The van der Waals surface area contributed by atoms with E-state index in [9.17, 15) is 4.79 Å². The summed E-state index contributed by atoms with van der Waals surface area (Å²) in [5.41, 5.74) is 2.50. The quantitative estimate of drug-likeness (QED) is 0.561. The number of hydrogen-bond donors (Lipinski definition) is 0. The third-order valence-electron chi connectivity index (χ3n) is 2.83. The molecule has 1 aliphatic heterocycles. The van der Waals surface area contributed by atoms with Crippen LogP contribution in [0, 0.1) is 0 Å². The van der Waals surface area contributed by atoms with Gasteiger partial charge in [-0.2, -0.15) is 0 Å². The van der Waals surface area contributed by atoms with Crippen LogP contribution in [0.1, 0.15) is 12.5 Å². The van der Waals surface area contributed by atoms with Crippen molar-refractivity contribution in [1.82, 2.24) is 0 Å². The molecule has 3 nitrogen and oxygen atoms in total. The monoisotopic (exact) mass is 217 g/mol. The number of nitrogens with zero attached hydrogens (tertiary/aromatic N) is 1. The molecular weight excluding hydrogens is 202 g/mol. The number of carbonyl (C=O) groups excluding carboxylic acids is 1. The Morgan fingerprint density at radius 2 is 2.25 bits per heavy atom. The van der Waals surface area contributed by atoms with Crippen molar-refractivity contribution >= 4 is 11.7 Å². The summed E-state index contributed by atoms with van der Waals surface area (Å²) < 4.78 is 4.58. The maximum Gasteiger partial charge on any atom is 0.331 e. The molecule has 0 amide bonds. The Morgan fingerprint density at radius 3 is 3.00 bits per heavy atom. The first-order valence-electron chi connectivity index (χ1n) is 5.35. The number of esters is 1. The van der Waals surface area contributed by atoms with Gasteiger partial charge in [0.15, 0.2) is 0 Å². The number of anilines is 1. The molecule has 1 aromatic rings. The van der Waals surface area contributed by atoms with E-state index in [1.807, 2.05) is 12.1 Å². The lowest BCUT2D eigenvalue weighted by molar-refractivity contribution is -0.134. The molecule has 0 radical (unpaired) electrons. The molecule has 0 fully saturated rings. The number of benzene rings is 1. The summed E-state index contributed by atoms with van der Waals surface area (Å²) in [5.74, 6) is -0.323. The van der Waals surface area contributed by atoms with Crippen LogP contribution >= 0.6 is 0 Å². The molecule has 0 saturated heterocycles. The Morgan fingerprint density at radius 1 is 1.50 bits per heavy atom. The second-order valence-electron chi connectivity index (χ2n) is 3.93. The zero-order valence-corrected chi connectivity index (χ0v) is 9.51. The Bertz CT molecular complexity index is 426. The molecule has 0 spiro atoms. The molecule has 0 N–H and O–H groups in total. The zero-order valence-electron chi connectivity index (χ0n) is 9.51. The molecule has 1 aromatic carbocycles. The van der Waals surface area contributed by atoms with Crippen molar-refractivity contribution in [2.45, 2.75) is 19.4 Å². The van der Waals surface area contributed by atoms with E-state index in [1.54, 1.807) is 6.20 Å². The summed E-state index contributed by atoms with van der Waals surface area (Å²) in [4.78, 5) is 13.2. The van der Waals surface area contributed by atoms with E-state index in [2.05, 4.69) is 28.7 Å². The largest absolute Gasteiger partial charge is 0.466 e. The van der Waals surface area contributed by atoms with Crippen LogP contribution in [-0.4, -0.2) is 19.1 Å². The fraction of sp³-hybridized carbons (Fsp3) is 0.308. The number of para-hydroxylation sites is 1. The smallest absolute Gasteiger partial charge is 0.331 e. The lowest BCUT2D eigenvalue weighted by Gasteiger charge is -2.19. The van der Waals surface area contributed by atoms with Crippen LogP contribution in [0.15, 0.2) is 36.5 Å². The number of ether oxygens (including phenoxy) is 1. The number of methoxy groups -OCH3 is 1. The topological polar surface area (TPSA) is 29.5 Å². The minimum Gasteiger partial charge on any atom is -0.466 e. The van der Waals surface area contributed by atoms with Gasteiger partial charge in [-0.15, -0.1) is 0 Å². The number of hydrogen-bond acceptors (Lipinski definition) is 3. The van der Waals surface area contributed by atoms with Crippen LogP contribution in [0.2, 0.25) is 0 Å². The average Bonchev–Trinajstić information content (AvgIpc) is 2.62. The minimum atomic E-state index is -0.323. The van der Waals surface area contributed by atoms with Crippen molar-refractivity contribution in [3.05, 3.63) is 42.1 Å². The van der Waals surface area contributed by atoms with Gasteiger partial charge < -0.3 is 9.64 Å². The lowest BCUT2D eigenvalue weighted by Crippen LogP contribution is -2.23. The second kappa shape index (κ2) is 4.39. The molecular formula is C13H15NO2. The Labute approximate surface area is 95.3 Å². The maximum atomic E-state index is 11.1. The van der Waals surface area contributed by atoms with E-state index >= 15 is 0 Å². The molecule has 1 unspecified atom stereocenters. The van der Waals surface area contributed by atoms with Gasteiger partial charge >= 0.3 is 5.97 Å². The minimum absolute atomic E-state index is 0.323. The normalized spacial score (nSPS) is 18.9. The van der Waals surface area contributed by atoms with Gasteiger partial charge in [0, 0.05) is 24.0 Å². The predicted molar refractivity (Wildman–Crippen MR) is 63.2 cm³/mol. The van der Waals surface area contributed by atoms with E-state index in [0.29, 0.717) is 6.04 Å². The molecule has 3 heteroatoms. The maximum absolute atomic E-state index is 11.1. The van der Waals surface area contributed by atoms with E-state index in [0.717, 1.165) is 6.42 Å². The standard InChI is InChI=1S/C13H15NO2/c1-10-9-11-5-3-4-6-12(11)14(10)8-7-13(15)16-2/h3-8,10H,9H2,1-2H3. The highest BCUT2D eigenvalue weighted by atomic mass is 16.5. The van der Waals surface area contributed by atoms with Crippen molar-refractivity contribution in [2.24, 2.45) is 0 Å². The van der Waals surface area contributed by atoms with Crippen LogP contribution in [0.5, 0.6) is 0 Å². The van der Waals surface area contributed by atoms with Crippen molar-refractivity contribution < 1.29 is 9.53 Å². The summed E-state index contributed by atoms with van der Waals surface area (Å²) in [6.45, 7) is 2.14. The van der Waals surface area contributed by atoms with Gasteiger partial charge in [-0.25, -0.2) is 4.79 Å². The van der Waals surface area contributed by atoms with Gasteiger partial charge in [0.25, 0.3) is 0 Å². The molecule has 0 saturated carbocycles. The molecule has 0 aliphatic carbocycles. The summed E-state index contributed by atoms with van der Waals surface area (Å²) in [6, 6.07) is 8.63. The van der Waals surface area contributed by atoms with Crippen molar-refractivity contribution in [1.29, 1.82) is 0 Å². The van der Waals surface area contributed by atoms with Gasteiger partial charge in [0.2, 0.25) is 0 Å². The second-order valence-corrected chi connectivity index (χ2v) is 3.93. The zero-order chi connectivity index (χ0) is 11.5. The molecule has 84 valence electrons. The van der Waals surface area contributed by atoms with Gasteiger partial charge in [0.1, 0.15) is 0 Å². The predicted octanol–water partition coefficient (Wildman–Crippen LogP) is 2.12. The van der Waals surface area contributed by atoms with E-state index < -0.39 is 0 Å². The molecule has 1 heterocycles. The van der Waals surface area contributed by atoms with E-state index in [-0.39, 0.29) is 5.97 Å². The van der Waals surface area contributed by atoms with E-state index in [1.165, 1.54) is 24.4 Å². The van der Waals surface area contributed by atoms with Crippen molar-refractivity contribution in [3.8, 4) is 0 Å². The Balaban J connectivity index is 2.22. The fourth-order valence-corrected chi connectivity index (χ4v) is 2.03. The highest BCUT2D eigenvalue weighted by molar-refractivity contribution is 5.82. The van der Waals surface area contributed by atoms with Gasteiger partial charge in [-0.3, -0.25) is 0 Å². The Kier molecular flexibility index (Phi) is 2.95. The number of rotatable bonds is 2. The van der Waals surface area contributed by atoms with Crippen LogP contribution < -0.4 is 4.90 Å². The fourth-order valence-electron chi connectivity index (χ4n) is 2.03. The summed E-state index contributed by atoms with van der Waals surface area (Å²) in [7, 11) is 1.38. The van der Waals surface area contributed by atoms with E-state index in [4.69, 9.17) is 0 Å². The van der Waals surface area contributed by atoms with Gasteiger partial charge in [-0.1, -0.05) is 18.2 Å². The summed E-state index contributed by atoms with van der Waals surface area (Å²) >= 11 is 0. The van der Waals surface area contributed by atoms with Crippen LogP contribution in [0.4, 0.5) is 5.69 Å². The van der Waals surface area contributed by atoms with Gasteiger partial charge in [-0.05, 0) is 25.0 Å². The highest BCUT2D eigenvalue weighted by Gasteiger charge is 2.23. The van der Waals surface area contributed by atoms with Gasteiger partial charge in [0.05, 0.1) is 7.11 Å². The molecule has 0 bridgehead atoms. The molecule has 2 rings (SSSR count). The molecule has 1 aliphatic rings. The summed E-state index contributed by atoms with van der Waals surface area (Å²) in [5, 5.41) is 0. The highest BCUT2D eigenvalue weighted by Crippen LogP contribution is 2.31. The van der Waals surface area contributed by atoms with Crippen molar-refractivity contribution in [3.63, 3.8) is 0 Å². The third-order valence-corrected chi connectivity index (χ3v) is 2.83. The first-order chi connectivity index (χ1) is 7.72. The Hall–Kier alpha value is -1.77.